The molecule has 0 fully saturated rings. The maximum absolute atomic E-state index is 10.3. The van der Waals surface area contributed by atoms with Crippen LogP contribution < -0.4 is 0 Å². The number of halogens is 4. The maximum atomic E-state index is 10.3. The number of aliphatic hydroxyl groups excluding tert-OH is 1. The van der Waals surface area contributed by atoms with Crippen LogP contribution >= 0.6 is 50.7 Å². The Morgan fingerprint density at radius 3 is 2.21 bits per heavy atom. The lowest BCUT2D eigenvalue weighted by molar-refractivity contribution is 0.178. The third-order valence-corrected chi connectivity index (χ3v) is 4.71. The fraction of sp³-hybridized carbons (Fsp3) is 0.143. The molecule has 1 N–H and O–H groups in total. The first-order chi connectivity index (χ1) is 8.99. The van der Waals surface area contributed by atoms with Crippen LogP contribution in [0.5, 0.6) is 0 Å². The standard InChI is InChI=1S/C14H10BrCl3O/c15-10-6-8(4-5-13(10)18)14(19)7-9-11(16)2-1-3-12(9)17/h1-6,14,19H,7H2. The van der Waals surface area contributed by atoms with Crippen LogP contribution in [0.2, 0.25) is 15.1 Å². The van der Waals surface area contributed by atoms with E-state index in [9.17, 15) is 5.11 Å². The summed E-state index contributed by atoms with van der Waals surface area (Å²) in [6, 6.07) is 10.6. The lowest BCUT2D eigenvalue weighted by atomic mass is 10.0. The molecule has 1 unspecified atom stereocenters. The van der Waals surface area contributed by atoms with Crippen molar-refractivity contribution >= 4 is 50.7 Å². The predicted octanol–water partition coefficient (Wildman–Crippen LogP) is 5.69. The second kappa shape index (κ2) is 6.47. The Morgan fingerprint density at radius 2 is 1.63 bits per heavy atom. The number of rotatable bonds is 3. The third kappa shape index (κ3) is 3.65. The third-order valence-electron chi connectivity index (χ3n) is 2.79. The molecule has 1 nitrogen and oxygen atoms in total. The maximum Gasteiger partial charge on any atom is 0.0831 e. The normalized spacial score (nSPS) is 12.5. The van der Waals surface area contributed by atoms with E-state index in [2.05, 4.69) is 15.9 Å². The van der Waals surface area contributed by atoms with E-state index in [1.165, 1.54) is 0 Å². The fourth-order valence-corrected chi connectivity index (χ4v) is 2.82. The van der Waals surface area contributed by atoms with Gasteiger partial charge in [-0.3, -0.25) is 0 Å². The van der Waals surface area contributed by atoms with Gasteiger partial charge in [-0.2, -0.15) is 0 Å². The minimum Gasteiger partial charge on any atom is -0.388 e. The van der Waals surface area contributed by atoms with E-state index in [4.69, 9.17) is 34.8 Å². The minimum atomic E-state index is -0.689. The Kier molecular flexibility index (Phi) is 5.15. The van der Waals surface area contributed by atoms with Gasteiger partial charge in [0.15, 0.2) is 0 Å². The van der Waals surface area contributed by atoms with Crippen LogP contribution in [0.4, 0.5) is 0 Å². The first-order valence-corrected chi connectivity index (χ1v) is 7.47. The Bertz CT molecular complexity index is 581. The van der Waals surface area contributed by atoms with Gasteiger partial charge in [-0.25, -0.2) is 0 Å². The summed E-state index contributed by atoms with van der Waals surface area (Å²) in [6.07, 6.45) is -0.335. The molecule has 0 heterocycles. The molecule has 100 valence electrons. The number of hydrogen-bond donors (Lipinski definition) is 1. The summed E-state index contributed by atoms with van der Waals surface area (Å²) in [5, 5.41) is 12.0. The lowest BCUT2D eigenvalue weighted by Gasteiger charge is -2.14. The molecule has 0 aliphatic rings. The van der Waals surface area contributed by atoms with Gasteiger partial charge in [-0.05, 0) is 51.3 Å². The predicted molar refractivity (Wildman–Crippen MR) is 84.3 cm³/mol. The van der Waals surface area contributed by atoms with Gasteiger partial charge in [0.1, 0.15) is 0 Å². The molecule has 5 heteroatoms. The Hall–Kier alpha value is -0.250. The summed E-state index contributed by atoms with van der Waals surface area (Å²) in [6.45, 7) is 0. The number of benzene rings is 2. The highest BCUT2D eigenvalue weighted by Crippen LogP contribution is 2.31. The molecule has 0 amide bonds. The highest BCUT2D eigenvalue weighted by molar-refractivity contribution is 9.10. The molecule has 19 heavy (non-hydrogen) atoms. The Labute approximate surface area is 135 Å². The second-order valence-electron chi connectivity index (χ2n) is 4.09. The van der Waals surface area contributed by atoms with Gasteiger partial charge in [0.2, 0.25) is 0 Å². The molecule has 0 aromatic heterocycles. The second-order valence-corrected chi connectivity index (χ2v) is 6.17. The lowest BCUT2D eigenvalue weighted by Crippen LogP contribution is -2.03. The average Bonchev–Trinajstić information content (AvgIpc) is 2.37. The van der Waals surface area contributed by atoms with Crippen LogP contribution in [0.25, 0.3) is 0 Å². The molecular formula is C14H10BrCl3O. The summed E-state index contributed by atoms with van der Waals surface area (Å²) >= 11 is 21.4. The first-order valence-electron chi connectivity index (χ1n) is 5.55. The van der Waals surface area contributed by atoms with Crippen LogP contribution in [-0.2, 0) is 6.42 Å². The van der Waals surface area contributed by atoms with Crippen LogP contribution in [0.15, 0.2) is 40.9 Å². The zero-order valence-corrected chi connectivity index (χ0v) is 13.6. The SMILES string of the molecule is OC(Cc1c(Cl)cccc1Cl)c1ccc(Cl)c(Br)c1. The summed E-state index contributed by atoms with van der Waals surface area (Å²) in [5.74, 6) is 0. The summed E-state index contributed by atoms with van der Waals surface area (Å²) in [7, 11) is 0. The van der Waals surface area contributed by atoms with Crippen molar-refractivity contribution < 1.29 is 5.11 Å². The quantitative estimate of drug-likeness (QED) is 0.726. The van der Waals surface area contributed by atoms with E-state index in [1.54, 1.807) is 36.4 Å². The van der Waals surface area contributed by atoms with E-state index >= 15 is 0 Å². The molecule has 0 aliphatic heterocycles. The molecule has 0 saturated carbocycles. The van der Waals surface area contributed by atoms with E-state index < -0.39 is 6.10 Å². The van der Waals surface area contributed by atoms with E-state index in [0.29, 0.717) is 21.5 Å². The average molecular weight is 380 g/mol. The van der Waals surface area contributed by atoms with Gasteiger partial charge in [0, 0.05) is 20.9 Å². The molecule has 2 aromatic carbocycles. The smallest absolute Gasteiger partial charge is 0.0831 e. The van der Waals surface area contributed by atoms with Crippen molar-refractivity contribution in [2.75, 3.05) is 0 Å². The van der Waals surface area contributed by atoms with Crippen molar-refractivity contribution in [3.8, 4) is 0 Å². The van der Waals surface area contributed by atoms with E-state index in [0.717, 1.165) is 15.6 Å². The zero-order valence-electron chi connectivity index (χ0n) is 9.71. The molecule has 0 bridgehead atoms. The molecular weight excluding hydrogens is 370 g/mol. The monoisotopic (exact) mass is 378 g/mol. The van der Waals surface area contributed by atoms with Crippen molar-refractivity contribution in [2.45, 2.75) is 12.5 Å². The van der Waals surface area contributed by atoms with Crippen molar-refractivity contribution in [2.24, 2.45) is 0 Å². The van der Waals surface area contributed by atoms with Crippen molar-refractivity contribution in [1.29, 1.82) is 0 Å². The molecule has 2 aromatic rings. The molecule has 0 spiro atoms. The highest BCUT2D eigenvalue weighted by atomic mass is 79.9. The Balaban J connectivity index is 2.25. The van der Waals surface area contributed by atoms with Gasteiger partial charge in [0.05, 0.1) is 11.1 Å². The van der Waals surface area contributed by atoms with Crippen LogP contribution in [0.3, 0.4) is 0 Å². The van der Waals surface area contributed by atoms with Crippen molar-refractivity contribution in [3.63, 3.8) is 0 Å². The zero-order chi connectivity index (χ0) is 14.0. The number of hydrogen-bond acceptors (Lipinski definition) is 1. The molecule has 0 radical (unpaired) electrons. The Morgan fingerprint density at radius 1 is 1.00 bits per heavy atom. The fourth-order valence-electron chi connectivity index (χ4n) is 1.76. The van der Waals surface area contributed by atoms with E-state index in [-0.39, 0.29) is 0 Å². The number of aliphatic hydroxyl groups is 1. The largest absolute Gasteiger partial charge is 0.388 e. The summed E-state index contributed by atoms with van der Waals surface area (Å²) in [4.78, 5) is 0. The van der Waals surface area contributed by atoms with Crippen molar-refractivity contribution in [1.82, 2.24) is 0 Å². The van der Waals surface area contributed by atoms with Crippen LogP contribution in [0.1, 0.15) is 17.2 Å². The van der Waals surface area contributed by atoms with Crippen LogP contribution in [0, 0.1) is 0 Å². The van der Waals surface area contributed by atoms with Gasteiger partial charge >= 0.3 is 0 Å². The van der Waals surface area contributed by atoms with E-state index in [1.807, 2.05) is 0 Å². The summed E-state index contributed by atoms with van der Waals surface area (Å²) < 4.78 is 0.746. The van der Waals surface area contributed by atoms with Gasteiger partial charge in [0.25, 0.3) is 0 Å². The molecule has 0 saturated heterocycles. The molecule has 0 aliphatic carbocycles. The molecule has 1 atom stereocenters. The topological polar surface area (TPSA) is 20.2 Å². The van der Waals surface area contributed by atoms with Gasteiger partial charge < -0.3 is 5.11 Å². The van der Waals surface area contributed by atoms with Crippen LogP contribution in [-0.4, -0.2) is 5.11 Å². The van der Waals surface area contributed by atoms with Gasteiger partial charge in [-0.1, -0.05) is 46.9 Å². The van der Waals surface area contributed by atoms with Crippen molar-refractivity contribution in [3.05, 3.63) is 67.1 Å². The highest BCUT2D eigenvalue weighted by Gasteiger charge is 2.14. The van der Waals surface area contributed by atoms with Gasteiger partial charge in [-0.15, -0.1) is 0 Å². The first kappa shape index (κ1) is 15.1. The summed E-state index contributed by atoms with van der Waals surface area (Å²) in [5.41, 5.74) is 1.50. The molecule has 2 rings (SSSR count). The minimum absolute atomic E-state index is 0.354.